The van der Waals surface area contributed by atoms with Crippen molar-refractivity contribution in [2.24, 2.45) is 0 Å². The molecule has 3 heteroatoms. The molecule has 0 spiro atoms. The number of carbonyl (C=O) groups excluding carboxylic acids is 1. The van der Waals surface area contributed by atoms with Crippen LogP contribution in [0.5, 0.6) is 0 Å². The molecule has 0 amide bonds. The minimum absolute atomic E-state index is 0. The minimum atomic E-state index is -0.335. The molecule has 13 heavy (non-hydrogen) atoms. The summed E-state index contributed by atoms with van der Waals surface area (Å²) >= 11 is 0. The van der Waals surface area contributed by atoms with E-state index < -0.39 is 0 Å². The van der Waals surface area contributed by atoms with E-state index in [0.717, 1.165) is 6.42 Å². The van der Waals surface area contributed by atoms with Crippen molar-refractivity contribution in [3.8, 4) is 0 Å². The van der Waals surface area contributed by atoms with E-state index in [-0.39, 0.29) is 19.5 Å². The molecule has 0 saturated heterocycles. The van der Waals surface area contributed by atoms with Crippen LogP contribution in [0, 0.1) is 7.43 Å². The van der Waals surface area contributed by atoms with Gasteiger partial charge in [0, 0.05) is 12.7 Å². The molecule has 3 nitrogen and oxygen atoms in total. The molecule has 0 aromatic rings. The van der Waals surface area contributed by atoms with Gasteiger partial charge in [-0.25, -0.2) is 4.79 Å². The average molecular weight is 187 g/mol. The Labute approximate surface area is 80.7 Å². The lowest BCUT2D eigenvalue weighted by atomic mass is 10.1. The van der Waals surface area contributed by atoms with E-state index in [1.165, 1.54) is 7.11 Å². The SMILES string of the molecule is C=C(CCC(C)OC)C(=O)OC.[CH3]. The summed E-state index contributed by atoms with van der Waals surface area (Å²) in [5.74, 6) is -0.335. The van der Waals surface area contributed by atoms with E-state index in [1.807, 2.05) is 6.92 Å². The molecule has 0 heterocycles. The van der Waals surface area contributed by atoms with Crippen molar-refractivity contribution in [1.82, 2.24) is 0 Å². The van der Waals surface area contributed by atoms with Crippen LogP contribution in [-0.4, -0.2) is 26.3 Å². The van der Waals surface area contributed by atoms with E-state index >= 15 is 0 Å². The lowest BCUT2D eigenvalue weighted by Crippen LogP contribution is -2.09. The smallest absolute Gasteiger partial charge is 0.333 e. The first-order chi connectivity index (χ1) is 5.61. The van der Waals surface area contributed by atoms with Gasteiger partial charge in [0.15, 0.2) is 0 Å². The molecule has 0 aliphatic heterocycles. The van der Waals surface area contributed by atoms with E-state index in [1.54, 1.807) is 7.11 Å². The third-order valence-electron chi connectivity index (χ3n) is 1.73. The van der Waals surface area contributed by atoms with E-state index in [2.05, 4.69) is 11.3 Å². The Morgan fingerprint density at radius 3 is 2.38 bits per heavy atom. The van der Waals surface area contributed by atoms with Crippen molar-refractivity contribution in [2.45, 2.75) is 25.9 Å². The van der Waals surface area contributed by atoms with Gasteiger partial charge in [0.2, 0.25) is 0 Å². The Kier molecular flexibility index (Phi) is 8.81. The van der Waals surface area contributed by atoms with Crippen molar-refractivity contribution in [2.75, 3.05) is 14.2 Å². The zero-order valence-corrected chi connectivity index (χ0v) is 8.92. The summed E-state index contributed by atoms with van der Waals surface area (Å²) in [4.78, 5) is 10.9. The standard InChI is InChI=1S/C9H16O3.CH3/c1-7(9(10)12-4)5-6-8(2)11-3;/h8H,1,5-6H2,2-4H3;1H3. The molecule has 0 N–H and O–H groups in total. The molecule has 0 bridgehead atoms. The topological polar surface area (TPSA) is 35.5 Å². The summed E-state index contributed by atoms with van der Waals surface area (Å²) in [6.45, 7) is 5.55. The number of hydrogen-bond acceptors (Lipinski definition) is 3. The van der Waals surface area contributed by atoms with Gasteiger partial charge in [0.25, 0.3) is 0 Å². The molecule has 1 atom stereocenters. The summed E-state index contributed by atoms with van der Waals surface area (Å²) < 4.78 is 9.52. The zero-order valence-electron chi connectivity index (χ0n) is 8.92. The largest absolute Gasteiger partial charge is 0.466 e. The molecule has 0 aromatic heterocycles. The van der Waals surface area contributed by atoms with Crippen LogP contribution in [-0.2, 0) is 14.3 Å². The van der Waals surface area contributed by atoms with Gasteiger partial charge >= 0.3 is 5.97 Å². The van der Waals surface area contributed by atoms with Gasteiger partial charge in [-0.3, -0.25) is 0 Å². The Hall–Kier alpha value is -0.830. The monoisotopic (exact) mass is 187 g/mol. The second-order valence-electron chi connectivity index (χ2n) is 2.68. The summed E-state index contributed by atoms with van der Waals surface area (Å²) in [7, 11) is 3.00. The summed E-state index contributed by atoms with van der Waals surface area (Å²) in [5, 5.41) is 0. The van der Waals surface area contributed by atoms with Crippen LogP contribution in [0.1, 0.15) is 19.8 Å². The van der Waals surface area contributed by atoms with E-state index in [0.29, 0.717) is 12.0 Å². The predicted molar refractivity (Wildman–Crippen MR) is 53.3 cm³/mol. The van der Waals surface area contributed by atoms with Crippen LogP contribution in [0.3, 0.4) is 0 Å². The fraction of sp³-hybridized carbons (Fsp3) is 0.600. The molecule has 0 saturated carbocycles. The summed E-state index contributed by atoms with van der Waals surface area (Å²) in [6, 6.07) is 0. The lowest BCUT2D eigenvalue weighted by Gasteiger charge is -2.08. The first-order valence-electron chi connectivity index (χ1n) is 3.90. The summed E-state index contributed by atoms with van der Waals surface area (Å²) in [5.41, 5.74) is 0.501. The first-order valence-corrected chi connectivity index (χ1v) is 3.90. The van der Waals surface area contributed by atoms with Gasteiger partial charge in [-0.1, -0.05) is 14.0 Å². The van der Waals surface area contributed by atoms with Gasteiger partial charge in [-0.2, -0.15) is 0 Å². The van der Waals surface area contributed by atoms with Crippen LogP contribution in [0.25, 0.3) is 0 Å². The van der Waals surface area contributed by atoms with Gasteiger partial charge in [-0.05, 0) is 19.8 Å². The second kappa shape index (κ2) is 7.80. The maximum absolute atomic E-state index is 10.9. The van der Waals surface area contributed by atoms with Crippen molar-refractivity contribution in [1.29, 1.82) is 0 Å². The van der Waals surface area contributed by atoms with Crippen LogP contribution in [0.15, 0.2) is 12.2 Å². The van der Waals surface area contributed by atoms with Gasteiger partial charge in [0.05, 0.1) is 13.2 Å². The molecule has 0 aliphatic carbocycles. The molecular weight excluding hydrogens is 168 g/mol. The fourth-order valence-electron chi connectivity index (χ4n) is 0.742. The molecule has 0 fully saturated rings. The van der Waals surface area contributed by atoms with Crippen molar-refractivity contribution >= 4 is 5.97 Å². The molecule has 1 radical (unpaired) electrons. The Morgan fingerprint density at radius 2 is 2.00 bits per heavy atom. The average Bonchev–Trinajstić information content (AvgIpc) is 2.11. The molecule has 1 unspecified atom stereocenters. The quantitative estimate of drug-likeness (QED) is 0.487. The van der Waals surface area contributed by atoms with Gasteiger partial charge < -0.3 is 9.47 Å². The highest BCUT2D eigenvalue weighted by Crippen LogP contribution is 2.08. The van der Waals surface area contributed by atoms with Crippen molar-refractivity contribution in [3.63, 3.8) is 0 Å². The maximum atomic E-state index is 10.9. The molecule has 77 valence electrons. The Balaban J connectivity index is 0. The number of carbonyl (C=O) groups is 1. The van der Waals surface area contributed by atoms with Crippen molar-refractivity contribution < 1.29 is 14.3 Å². The molecular formula is C10H19O3. The molecule has 0 aromatic carbocycles. The van der Waals surface area contributed by atoms with E-state index in [4.69, 9.17) is 4.74 Å². The third-order valence-corrected chi connectivity index (χ3v) is 1.73. The number of methoxy groups -OCH3 is 2. The number of ether oxygens (including phenoxy) is 2. The maximum Gasteiger partial charge on any atom is 0.333 e. The molecule has 0 rings (SSSR count). The second-order valence-corrected chi connectivity index (χ2v) is 2.68. The number of rotatable bonds is 5. The van der Waals surface area contributed by atoms with Crippen LogP contribution in [0.4, 0.5) is 0 Å². The van der Waals surface area contributed by atoms with E-state index in [9.17, 15) is 4.79 Å². The van der Waals surface area contributed by atoms with Gasteiger partial charge in [0.1, 0.15) is 0 Å². The Morgan fingerprint density at radius 1 is 1.46 bits per heavy atom. The highest BCUT2D eigenvalue weighted by molar-refractivity contribution is 5.87. The van der Waals surface area contributed by atoms with Crippen LogP contribution >= 0.6 is 0 Å². The minimum Gasteiger partial charge on any atom is -0.466 e. The normalized spacial score (nSPS) is 11.3. The fourth-order valence-corrected chi connectivity index (χ4v) is 0.742. The zero-order chi connectivity index (χ0) is 9.56. The van der Waals surface area contributed by atoms with Crippen LogP contribution in [0.2, 0.25) is 0 Å². The van der Waals surface area contributed by atoms with Crippen LogP contribution < -0.4 is 0 Å². The number of hydrogen-bond donors (Lipinski definition) is 0. The third kappa shape index (κ3) is 6.34. The number of esters is 1. The van der Waals surface area contributed by atoms with Gasteiger partial charge in [-0.15, -0.1) is 0 Å². The predicted octanol–water partition coefficient (Wildman–Crippen LogP) is 1.98. The summed E-state index contributed by atoms with van der Waals surface area (Å²) in [6.07, 6.45) is 1.58. The van der Waals surface area contributed by atoms with Crippen molar-refractivity contribution in [3.05, 3.63) is 19.6 Å². The molecule has 0 aliphatic rings. The lowest BCUT2D eigenvalue weighted by molar-refractivity contribution is -0.136. The highest BCUT2D eigenvalue weighted by Gasteiger charge is 2.08. The first kappa shape index (κ1) is 14.7. The Bertz CT molecular complexity index is 164. The highest BCUT2D eigenvalue weighted by atomic mass is 16.5.